The predicted octanol–water partition coefficient (Wildman–Crippen LogP) is 5.68. The Morgan fingerprint density at radius 3 is 2.31 bits per heavy atom. The number of halogens is 1. The van der Waals surface area contributed by atoms with Crippen molar-refractivity contribution < 1.29 is 14.0 Å². The molecule has 2 amide bonds. The van der Waals surface area contributed by atoms with Crippen LogP contribution < -0.4 is 9.80 Å². The minimum absolute atomic E-state index is 0.0388. The number of nitrogens with zero attached hydrogens (tertiary/aromatic N) is 2. The monoisotopic (exact) mass is 430 g/mol. The summed E-state index contributed by atoms with van der Waals surface area (Å²) in [5.41, 5.74) is 3.42. The maximum atomic E-state index is 13.3. The highest BCUT2D eigenvalue weighted by Gasteiger charge is 2.38. The van der Waals surface area contributed by atoms with Gasteiger partial charge in [0.15, 0.2) is 0 Å². The number of fused-ring (bicyclic) bond motifs is 1. The Morgan fingerprint density at radius 1 is 0.969 bits per heavy atom. The summed E-state index contributed by atoms with van der Waals surface area (Å²) < 4.78 is 13.3. The van der Waals surface area contributed by atoms with E-state index < -0.39 is 0 Å². The number of hydrogen-bond acceptors (Lipinski definition) is 2. The van der Waals surface area contributed by atoms with E-state index in [4.69, 9.17) is 0 Å². The molecule has 0 aromatic heterocycles. The number of benzene rings is 3. The van der Waals surface area contributed by atoms with Crippen molar-refractivity contribution in [2.24, 2.45) is 0 Å². The first-order valence-electron chi connectivity index (χ1n) is 11.0. The van der Waals surface area contributed by atoms with Crippen LogP contribution in [0.2, 0.25) is 0 Å². The first-order valence-corrected chi connectivity index (χ1v) is 11.0. The molecule has 4 nitrogen and oxygen atoms in total. The highest BCUT2D eigenvalue weighted by molar-refractivity contribution is 5.98. The summed E-state index contributed by atoms with van der Waals surface area (Å²) in [4.78, 5) is 30.0. The number of carbonyl (C=O) groups excluding carboxylic acids is 2. The third kappa shape index (κ3) is 4.28. The van der Waals surface area contributed by atoms with E-state index in [0.717, 1.165) is 22.5 Å². The third-order valence-electron chi connectivity index (χ3n) is 6.01. The number of para-hydroxylation sites is 2. The first kappa shape index (κ1) is 21.8. The lowest BCUT2D eigenvalue weighted by Gasteiger charge is -2.43. The molecule has 5 heteroatoms. The van der Waals surface area contributed by atoms with Crippen molar-refractivity contribution in [2.45, 2.75) is 45.2 Å². The Morgan fingerprint density at radius 2 is 1.62 bits per heavy atom. The molecule has 3 aromatic rings. The van der Waals surface area contributed by atoms with Gasteiger partial charge in [0.05, 0.1) is 12.5 Å². The Hall–Kier alpha value is -3.47. The number of hydrogen-bond donors (Lipinski definition) is 0. The normalized spacial score (nSPS) is 17.5. The van der Waals surface area contributed by atoms with Crippen LogP contribution in [0.25, 0.3) is 0 Å². The summed E-state index contributed by atoms with van der Waals surface area (Å²) in [7, 11) is 0. The Kier molecular flexibility index (Phi) is 6.35. The van der Waals surface area contributed by atoms with Gasteiger partial charge in [-0.1, -0.05) is 55.5 Å². The summed E-state index contributed by atoms with van der Waals surface area (Å²) in [5.74, 6) is -0.306. The molecule has 1 aliphatic heterocycles. The van der Waals surface area contributed by atoms with Gasteiger partial charge in [0, 0.05) is 23.8 Å². The molecule has 0 saturated heterocycles. The van der Waals surface area contributed by atoms with Gasteiger partial charge in [-0.3, -0.25) is 9.59 Å². The van der Waals surface area contributed by atoms with E-state index in [1.165, 1.54) is 12.1 Å². The zero-order valence-corrected chi connectivity index (χ0v) is 18.4. The molecule has 0 bridgehead atoms. The fraction of sp³-hybridized carbons (Fsp3) is 0.259. The molecular formula is C27H27FN2O2. The van der Waals surface area contributed by atoms with Gasteiger partial charge in [0.1, 0.15) is 5.82 Å². The van der Waals surface area contributed by atoms with Crippen LogP contribution in [-0.4, -0.2) is 17.9 Å². The van der Waals surface area contributed by atoms with Crippen LogP contribution in [0.1, 0.15) is 43.9 Å². The number of rotatable bonds is 5. The van der Waals surface area contributed by atoms with Crippen LogP contribution in [0.5, 0.6) is 0 Å². The van der Waals surface area contributed by atoms with Crippen LogP contribution in [0.15, 0.2) is 78.9 Å². The van der Waals surface area contributed by atoms with Crippen LogP contribution in [0.3, 0.4) is 0 Å². The highest BCUT2D eigenvalue weighted by atomic mass is 19.1. The van der Waals surface area contributed by atoms with Crippen molar-refractivity contribution >= 4 is 23.2 Å². The standard InChI is InChI=1S/C27H27FN2O2/c1-3-26(31)30(22-9-5-4-6-10-22)25-17-19(2)29(24-12-8-7-11-23(24)25)27(32)18-20-13-15-21(28)16-14-20/h4-16,19,25H,3,17-18H2,1-2H3. The molecule has 32 heavy (non-hydrogen) atoms. The SMILES string of the molecule is CCC(=O)N(c1ccccc1)C1CC(C)N(C(=O)Cc2ccc(F)cc2)c2ccccc21. The minimum atomic E-state index is -0.317. The zero-order valence-electron chi connectivity index (χ0n) is 18.4. The van der Waals surface area contributed by atoms with E-state index in [0.29, 0.717) is 12.8 Å². The fourth-order valence-corrected chi connectivity index (χ4v) is 4.53. The largest absolute Gasteiger partial charge is 0.309 e. The molecule has 0 fully saturated rings. The molecule has 0 N–H and O–H groups in total. The highest BCUT2D eigenvalue weighted by Crippen LogP contribution is 2.42. The van der Waals surface area contributed by atoms with Crippen LogP contribution in [0.4, 0.5) is 15.8 Å². The van der Waals surface area contributed by atoms with E-state index >= 15 is 0 Å². The number of amides is 2. The van der Waals surface area contributed by atoms with Gasteiger partial charge in [-0.15, -0.1) is 0 Å². The quantitative estimate of drug-likeness (QED) is 0.523. The molecule has 3 aromatic carbocycles. The van der Waals surface area contributed by atoms with E-state index in [2.05, 4.69) is 0 Å². The second-order valence-corrected chi connectivity index (χ2v) is 8.18. The lowest BCUT2D eigenvalue weighted by atomic mass is 9.89. The lowest BCUT2D eigenvalue weighted by molar-refractivity contribution is -0.118. The average molecular weight is 431 g/mol. The smallest absolute Gasteiger partial charge is 0.231 e. The number of anilines is 2. The minimum Gasteiger partial charge on any atom is -0.309 e. The molecule has 2 atom stereocenters. The van der Waals surface area contributed by atoms with Crippen molar-refractivity contribution in [2.75, 3.05) is 9.80 Å². The van der Waals surface area contributed by atoms with Crippen LogP contribution in [0, 0.1) is 5.82 Å². The van der Waals surface area contributed by atoms with E-state index in [1.54, 1.807) is 12.1 Å². The molecule has 4 rings (SSSR count). The van der Waals surface area contributed by atoms with Crippen molar-refractivity contribution in [1.82, 2.24) is 0 Å². The van der Waals surface area contributed by atoms with Crippen molar-refractivity contribution in [3.63, 3.8) is 0 Å². The van der Waals surface area contributed by atoms with Gasteiger partial charge in [0.25, 0.3) is 0 Å². The maximum absolute atomic E-state index is 13.3. The Bertz CT molecular complexity index is 1100. The summed E-state index contributed by atoms with van der Waals surface area (Å²) in [5, 5.41) is 0. The maximum Gasteiger partial charge on any atom is 0.231 e. The number of carbonyl (C=O) groups is 2. The summed E-state index contributed by atoms with van der Waals surface area (Å²) in [6.45, 7) is 3.89. The van der Waals surface area contributed by atoms with Crippen LogP contribution in [-0.2, 0) is 16.0 Å². The van der Waals surface area contributed by atoms with E-state index in [1.807, 2.05) is 78.2 Å². The second-order valence-electron chi connectivity index (χ2n) is 8.18. The first-order chi connectivity index (χ1) is 15.5. The fourth-order valence-electron chi connectivity index (χ4n) is 4.53. The Balaban J connectivity index is 1.70. The van der Waals surface area contributed by atoms with Gasteiger partial charge in [0.2, 0.25) is 11.8 Å². The summed E-state index contributed by atoms with van der Waals surface area (Å²) >= 11 is 0. The van der Waals surface area contributed by atoms with Gasteiger partial charge in [-0.25, -0.2) is 4.39 Å². The average Bonchev–Trinajstić information content (AvgIpc) is 2.81. The van der Waals surface area contributed by atoms with E-state index in [9.17, 15) is 14.0 Å². The topological polar surface area (TPSA) is 40.6 Å². The lowest BCUT2D eigenvalue weighted by Crippen LogP contribution is -2.48. The van der Waals surface area contributed by atoms with Gasteiger partial charge in [-0.05, 0) is 54.8 Å². The molecular weight excluding hydrogens is 403 g/mol. The second kappa shape index (κ2) is 9.35. The van der Waals surface area contributed by atoms with E-state index in [-0.39, 0.29) is 36.1 Å². The zero-order chi connectivity index (χ0) is 22.7. The molecule has 0 saturated carbocycles. The van der Waals surface area contributed by atoms with Crippen LogP contribution >= 0.6 is 0 Å². The Labute approximate surface area is 188 Å². The summed E-state index contributed by atoms with van der Waals surface area (Å²) in [6.07, 6.45) is 1.22. The van der Waals surface area contributed by atoms with Gasteiger partial charge < -0.3 is 9.80 Å². The predicted molar refractivity (Wildman–Crippen MR) is 125 cm³/mol. The molecule has 1 aliphatic rings. The molecule has 0 aliphatic carbocycles. The summed E-state index contributed by atoms with van der Waals surface area (Å²) in [6, 6.07) is 23.3. The molecule has 2 unspecified atom stereocenters. The van der Waals surface area contributed by atoms with Crippen molar-refractivity contribution in [3.05, 3.63) is 95.8 Å². The molecule has 164 valence electrons. The molecule has 1 heterocycles. The molecule has 0 spiro atoms. The third-order valence-corrected chi connectivity index (χ3v) is 6.01. The van der Waals surface area contributed by atoms with Gasteiger partial charge >= 0.3 is 0 Å². The van der Waals surface area contributed by atoms with Crippen molar-refractivity contribution in [3.8, 4) is 0 Å². The van der Waals surface area contributed by atoms with Crippen molar-refractivity contribution in [1.29, 1.82) is 0 Å². The molecule has 0 radical (unpaired) electrons. The van der Waals surface area contributed by atoms with Gasteiger partial charge in [-0.2, -0.15) is 0 Å².